The average molecular weight is 412 g/mol. The van der Waals surface area contributed by atoms with Gasteiger partial charge in [0.1, 0.15) is 5.75 Å². The van der Waals surface area contributed by atoms with Gasteiger partial charge in [-0.15, -0.1) is 0 Å². The Labute approximate surface area is 171 Å². The van der Waals surface area contributed by atoms with E-state index in [2.05, 4.69) is 10.6 Å². The van der Waals surface area contributed by atoms with E-state index in [0.717, 1.165) is 0 Å². The van der Waals surface area contributed by atoms with Crippen molar-refractivity contribution in [1.29, 1.82) is 0 Å². The zero-order valence-electron chi connectivity index (χ0n) is 16.2. The van der Waals surface area contributed by atoms with Crippen LogP contribution in [0, 0.1) is 10.1 Å². The zero-order chi connectivity index (χ0) is 21.3. The second kappa shape index (κ2) is 7.99. The maximum absolute atomic E-state index is 13.0. The molecule has 2 amide bonds. The fourth-order valence-electron chi connectivity index (χ4n) is 3.38. The highest BCUT2D eigenvalue weighted by atomic mass is 16.6. The molecule has 1 fully saturated rings. The molecule has 1 atom stereocenters. The number of nitro groups is 1. The number of ether oxygens (including phenoxy) is 2. The Bertz CT molecular complexity index is 1020. The third-order valence-electron chi connectivity index (χ3n) is 4.96. The molecule has 4 rings (SSSR count). The van der Waals surface area contributed by atoms with Crippen LogP contribution in [0.25, 0.3) is 0 Å². The molecule has 0 bridgehead atoms. The first-order valence-corrected chi connectivity index (χ1v) is 9.46. The first-order valence-electron chi connectivity index (χ1n) is 9.46. The molecule has 10 heteroatoms. The number of amides is 2. The second-order valence-electron chi connectivity index (χ2n) is 6.97. The van der Waals surface area contributed by atoms with Crippen molar-refractivity contribution in [3.8, 4) is 5.75 Å². The number of fused-ring (bicyclic) bond motifs is 1. The molecule has 0 aromatic heterocycles. The van der Waals surface area contributed by atoms with Crippen LogP contribution in [-0.2, 0) is 9.53 Å². The summed E-state index contributed by atoms with van der Waals surface area (Å²) in [6, 6.07) is 9.12. The van der Waals surface area contributed by atoms with E-state index < -0.39 is 16.9 Å². The molecular formula is C20H20N4O6. The van der Waals surface area contributed by atoms with Crippen molar-refractivity contribution in [2.45, 2.75) is 13.0 Å². The summed E-state index contributed by atoms with van der Waals surface area (Å²) in [5, 5.41) is 16.7. The minimum atomic E-state index is -0.598. The molecule has 10 nitrogen and oxygen atoms in total. The number of hydrogen-bond acceptors (Lipinski definition) is 7. The Morgan fingerprint density at radius 2 is 2.00 bits per heavy atom. The minimum Gasteiger partial charge on any atom is -0.479 e. The molecular weight excluding hydrogens is 392 g/mol. The Morgan fingerprint density at radius 1 is 1.23 bits per heavy atom. The van der Waals surface area contributed by atoms with Gasteiger partial charge in [-0.2, -0.15) is 0 Å². The van der Waals surface area contributed by atoms with Gasteiger partial charge in [-0.05, 0) is 31.2 Å². The van der Waals surface area contributed by atoms with Crippen molar-refractivity contribution in [3.05, 3.63) is 52.1 Å². The van der Waals surface area contributed by atoms with E-state index in [1.807, 2.05) is 4.90 Å². The molecule has 30 heavy (non-hydrogen) atoms. The van der Waals surface area contributed by atoms with Crippen molar-refractivity contribution in [2.24, 2.45) is 0 Å². The van der Waals surface area contributed by atoms with Gasteiger partial charge < -0.3 is 25.0 Å². The van der Waals surface area contributed by atoms with Gasteiger partial charge in [0.2, 0.25) is 0 Å². The van der Waals surface area contributed by atoms with E-state index in [1.165, 1.54) is 12.1 Å². The van der Waals surface area contributed by atoms with Gasteiger partial charge in [0.15, 0.2) is 6.10 Å². The lowest BCUT2D eigenvalue weighted by Crippen LogP contribution is -2.37. The van der Waals surface area contributed by atoms with Crippen LogP contribution in [0.4, 0.5) is 22.7 Å². The normalized spacial score (nSPS) is 18.1. The summed E-state index contributed by atoms with van der Waals surface area (Å²) in [6.07, 6.45) is -0.598. The van der Waals surface area contributed by atoms with Crippen molar-refractivity contribution < 1.29 is 24.0 Å². The monoisotopic (exact) mass is 412 g/mol. The summed E-state index contributed by atoms with van der Waals surface area (Å²) in [6.45, 7) is 3.84. The minimum absolute atomic E-state index is 0.169. The lowest BCUT2D eigenvalue weighted by atomic mass is 10.1. The standard InChI is InChI=1S/C20H20N4O6/c1-12-19(25)22-16-10-13(2-5-18(16)30-12)21-20(26)15-11-14(24(27)28)3-4-17(15)23-6-8-29-9-7-23/h2-5,10-12H,6-9H2,1H3,(H,21,26)(H,22,25)/t12-/m1/s1. The summed E-state index contributed by atoms with van der Waals surface area (Å²) < 4.78 is 10.9. The number of non-ortho nitro benzene ring substituents is 1. The van der Waals surface area contributed by atoms with E-state index in [0.29, 0.717) is 49.1 Å². The number of nitro benzene ring substituents is 1. The molecule has 2 aliphatic heterocycles. The van der Waals surface area contributed by atoms with E-state index in [4.69, 9.17) is 9.47 Å². The van der Waals surface area contributed by atoms with Gasteiger partial charge in [-0.1, -0.05) is 0 Å². The van der Waals surface area contributed by atoms with Crippen molar-refractivity contribution in [3.63, 3.8) is 0 Å². The van der Waals surface area contributed by atoms with Gasteiger partial charge >= 0.3 is 0 Å². The van der Waals surface area contributed by atoms with Crippen molar-refractivity contribution in [1.82, 2.24) is 0 Å². The van der Waals surface area contributed by atoms with Gasteiger partial charge in [0.05, 0.1) is 35.1 Å². The number of morpholine rings is 1. The Hall–Kier alpha value is -3.66. The molecule has 1 saturated heterocycles. The Morgan fingerprint density at radius 3 is 2.73 bits per heavy atom. The third kappa shape index (κ3) is 3.90. The number of benzene rings is 2. The van der Waals surface area contributed by atoms with E-state index in [9.17, 15) is 19.7 Å². The SMILES string of the molecule is C[C@H]1Oc2ccc(NC(=O)c3cc([N+](=O)[O-])ccc3N3CCOCC3)cc2NC1=O. The summed E-state index contributed by atoms with van der Waals surface area (Å²) in [5.41, 5.74) is 1.50. The largest absolute Gasteiger partial charge is 0.479 e. The molecule has 2 aromatic rings. The molecule has 2 aromatic carbocycles. The molecule has 0 aliphatic carbocycles. The smallest absolute Gasteiger partial charge is 0.270 e. The number of hydrogen-bond donors (Lipinski definition) is 2. The van der Waals surface area contributed by atoms with Crippen LogP contribution in [0.2, 0.25) is 0 Å². The number of anilines is 3. The first-order chi connectivity index (χ1) is 14.4. The number of carbonyl (C=O) groups is 2. The van der Waals surface area contributed by atoms with E-state index >= 15 is 0 Å². The summed E-state index contributed by atoms with van der Waals surface area (Å²) in [5.74, 6) is -0.264. The zero-order valence-corrected chi connectivity index (χ0v) is 16.2. The van der Waals surface area contributed by atoms with Crippen molar-refractivity contribution >= 4 is 34.6 Å². The highest BCUT2D eigenvalue weighted by Gasteiger charge is 2.25. The molecule has 0 saturated carbocycles. The summed E-state index contributed by atoms with van der Waals surface area (Å²) in [4.78, 5) is 37.5. The molecule has 0 unspecified atom stereocenters. The van der Waals surface area contributed by atoms with Gasteiger partial charge in [0.25, 0.3) is 17.5 Å². The quantitative estimate of drug-likeness (QED) is 0.584. The molecule has 0 radical (unpaired) electrons. The van der Waals surface area contributed by atoms with Crippen LogP contribution in [0.15, 0.2) is 36.4 Å². The summed E-state index contributed by atoms with van der Waals surface area (Å²) in [7, 11) is 0. The van der Waals surface area contributed by atoms with Crippen LogP contribution in [-0.4, -0.2) is 49.1 Å². The fourth-order valence-corrected chi connectivity index (χ4v) is 3.38. The van der Waals surface area contributed by atoms with Crippen LogP contribution in [0.3, 0.4) is 0 Å². The van der Waals surface area contributed by atoms with Crippen LogP contribution in [0.5, 0.6) is 5.75 Å². The topological polar surface area (TPSA) is 123 Å². The Kier molecular flexibility index (Phi) is 5.23. The molecule has 2 N–H and O–H groups in total. The van der Waals surface area contributed by atoms with E-state index in [-0.39, 0.29) is 17.2 Å². The predicted molar refractivity (Wildman–Crippen MR) is 109 cm³/mol. The van der Waals surface area contributed by atoms with E-state index in [1.54, 1.807) is 31.2 Å². The second-order valence-corrected chi connectivity index (χ2v) is 6.97. The maximum Gasteiger partial charge on any atom is 0.270 e. The number of rotatable bonds is 4. The first kappa shape index (κ1) is 19.6. The predicted octanol–water partition coefficient (Wildman–Crippen LogP) is 2.40. The fraction of sp³-hybridized carbons (Fsp3) is 0.300. The average Bonchev–Trinajstić information content (AvgIpc) is 2.75. The molecule has 2 aliphatic rings. The van der Waals surface area contributed by atoms with Crippen molar-refractivity contribution in [2.75, 3.05) is 41.8 Å². The van der Waals surface area contributed by atoms with Gasteiger partial charge in [0, 0.05) is 30.9 Å². The number of nitrogens with one attached hydrogen (secondary N) is 2. The maximum atomic E-state index is 13.0. The van der Waals surface area contributed by atoms with Crippen LogP contribution < -0.4 is 20.3 Å². The highest BCUT2D eigenvalue weighted by molar-refractivity contribution is 6.09. The highest BCUT2D eigenvalue weighted by Crippen LogP contribution is 2.33. The van der Waals surface area contributed by atoms with Gasteiger partial charge in [-0.3, -0.25) is 19.7 Å². The lowest BCUT2D eigenvalue weighted by Gasteiger charge is -2.30. The summed E-state index contributed by atoms with van der Waals surface area (Å²) >= 11 is 0. The third-order valence-corrected chi connectivity index (χ3v) is 4.96. The van der Waals surface area contributed by atoms with Crippen LogP contribution in [0.1, 0.15) is 17.3 Å². The molecule has 0 spiro atoms. The van der Waals surface area contributed by atoms with Gasteiger partial charge in [-0.25, -0.2) is 0 Å². The number of carbonyl (C=O) groups excluding carboxylic acids is 2. The Balaban J connectivity index is 1.62. The molecule has 156 valence electrons. The van der Waals surface area contributed by atoms with Crippen LogP contribution >= 0.6 is 0 Å². The lowest BCUT2D eigenvalue weighted by molar-refractivity contribution is -0.384. The number of nitrogens with zero attached hydrogens (tertiary/aromatic N) is 2. The molecule has 2 heterocycles.